The van der Waals surface area contributed by atoms with Gasteiger partial charge in [0.05, 0.1) is 21.9 Å². The summed E-state index contributed by atoms with van der Waals surface area (Å²) in [6, 6.07) is 4.80. The van der Waals surface area contributed by atoms with Crippen LogP contribution in [0.4, 0.5) is 0 Å². The lowest BCUT2D eigenvalue weighted by atomic mass is 10.3. The summed E-state index contributed by atoms with van der Waals surface area (Å²) < 4.78 is 31.4. The summed E-state index contributed by atoms with van der Waals surface area (Å²) in [6.07, 6.45) is 1.38. The number of rotatable bonds is 3. The Labute approximate surface area is 113 Å². The van der Waals surface area contributed by atoms with Gasteiger partial charge in [-0.3, -0.25) is 4.55 Å². The molecular formula is C9H7Cl2N3O3S. The maximum atomic E-state index is 10.7. The topological polar surface area (TPSA) is 85.1 Å². The van der Waals surface area contributed by atoms with Crippen LogP contribution in [0.5, 0.6) is 0 Å². The fourth-order valence-electron chi connectivity index (χ4n) is 1.31. The fraction of sp³-hybridized carbons (Fsp3) is 0.111. The Bertz CT molecular complexity index is 684. The van der Waals surface area contributed by atoms with E-state index in [9.17, 15) is 8.42 Å². The second kappa shape index (κ2) is 4.85. The Kier molecular flexibility index (Phi) is 3.58. The van der Waals surface area contributed by atoms with E-state index in [-0.39, 0.29) is 5.69 Å². The highest BCUT2D eigenvalue weighted by Gasteiger charge is 2.11. The normalized spacial score (nSPS) is 11.7. The van der Waals surface area contributed by atoms with Crippen molar-refractivity contribution in [1.82, 2.24) is 15.0 Å². The van der Waals surface area contributed by atoms with Crippen molar-refractivity contribution in [2.24, 2.45) is 0 Å². The van der Waals surface area contributed by atoms with Gasteiger partial charge in [0, 0.05) is 0 Å². The average molecular weight is 308 g/mol. The molecule has 1 N–H and O–H groups in total. The minimum absolute atomic E-state index is 0.128. The first-order chi connectivity index (χ1) is 8.35. The molecule has 2 aromatic rings. The molecule has 6 nitrogen and oxygen atoms in total. The number of nitrogens with zero attached hydrogens (tertiary/aromatic N) is 3. The molecule has 9 heteroatoms. The molecule has 0 aliphatic heterocycles. The van der Waals surface area contributed by atoms with E-state index in [4.69, 9.17) is 27.8 Å². The first kappa shape index (κ1) is 13.3. The van der Waals surface area contributed by atoms with E-state index in [0.717, 1.165) is 0 Å². The summed E-state index contributed by atoms with van der Waals surface area (Å²) in [7, 11) is -4.12. The molecule has 0 radical (unpaired) electrons. The zero-order valence-electron chi connectivity index (χ0n) is 8.79. The third-order valence-electron chi connectivity index (χ3n) is 2.04. The van der Waals surface area contributed by atoms with Crippen molar-refractivity contribution < 1.29 is 13.0 Å². The van der Waals surface area contributed by atoms with E-state index in [1.165, 1.54) is 10.9 Å². The van der Waals surface area contributed by atoms with Crippen LogP contribution in [-0.2, 0) is 15.9 Å². The number of aromatic nitrogens is 3. The monoisotopic (exact) mass is 307 g/mol. The van der Waals surface area contributed by atoms with Crippen LogP contribution in [0.3, 0.4) is 0 Å². The van der Waals surface area contributed by atoms with Crippen molar-refractivity contribution in [3.8, 4) is 5.69 Å². The molecule has 1 aromatic heterocycles. The van der Waals surface area contributed by atoms with Crippen LogP contribution in [0.25, 0.3) is 5.69 Å². The number of hydrogen-bond acceptors (Lipinski definition) is 4. The lowest BCUT2D eigenvalue weighted by molar-refractivity contribution is 0.481. The lowest BCUT2D eigenvalue weighted by Gasteiger charge is -2.01. The van der Waals surface area contributed by atoms with Gasteiger partial charge in [-0.25, -0.2) is 4.68 Å². The standard InChI is InChI=1S/C9H7Cl2N3O3S/c10-8-2-1-7(3-9(8)11)14-4-6(12-13-14)5-18(15,16)17/h1-4H,5H2,(H,15,16,17). The van der Waals surface area contributed by atoms with Crippen LogP contribution in [0.2, 0.25) is 10.0 Å². The van der Waals surface area contributed by atoms with E-state index in [1.54, 1.807) is 18.2 Å². The van der Waals surface area contributed by atoms with Gasteiger partial charge >= 0.3 is 0 Å². The summed E-state index contributed by atoms with van der Waals surface area (Å²) in [5.74, 6) is -0.589. The molecule has 0 atom stereocenters. The maximum Gasteiger partial charge on any atom is 0.270 e. The second-order valence-electron chi connectivity index (χ2n) is 3.48. The average Bonchev–Trinajstić information content (AvgIpc) is 2.68. The second-order valence-corrected chi connectivity index (χ2v) is 5.75. The van der Waals surface area contributed by atoms with Gasteiger partial charge in [-0.1, -0.05) is 28.4 Å². The molecule has 0 aliphatic rings. The van der Waals surface area contributed by atoms with Crippen molar-refractivity contribution in [3.05, 3.63) is 40.1 Å². The number of halogens is 2. The summed E-state index contributed by atoms with van der Waals surface area (Å²) in [6.45, 7) is 0. The Morgan fingerprint density at radius 3 is 2.61 bits per heavy atom. The van der Waals surface area contributed by atoms with Gasteiger partial charge in [0.2, 0.25) is 0 Å². The minimum atomic E-state index is -4.12. The molecule has 18 heavy (non-hydrogen) atoms. The predicted molar refractivity (Wildman–Crippen MR) is 66.6 cm³/mol. The van der Waals surface area contributed by atoms with Gasteiger partial charge in [0.1, 0.15) is 11.4 Å². The van der Waals surface area contributed by atoms with Crippen molar-refractivity contribution in [1.29, 1.82) is 0 Å². The van der Waals surface area contributed by atoms with Gasteiger partial charge in [-0.2, -0.15) is 8.42 Å². The van der Waals surface area contributed by atoms with Crippen LogP contribution < -0.4 is 0 Å². The molecule has 96 valence electrons. The van der Waals surface area contributed by atoms with Gasteiger partial charge in [0.25, 0.3) is 10.1 Å². The van der Waals surface area contributed by atoms with Gasteiger partial charge < -0.3 is 0 Å². The van der Waals surface area contributed by atoms with Crippen LogP contribution in [0, 0.1) is 0 Å². The zero-order valence-corrected chi connectivity index (χ0v) is 11.1. The Morgan fingerprint density at radius 1 is 1.28 bits per heavy atom. The van der Waals surface area contributed by atoms with E-state index in [0.29, 0.717) is 15.7 Å². The molecule has 0 saturated carbocycles. The molecular weight excluding hydrogens is 301 g/mol. The Hall–Kier alpha value is -1.15. The van der Waals surface area contributed by atoms with Crippen molar-refractivity contribution in [2.75, 3.05) is 0 Å². The first-order valence-electron chi connectivity index (χ1n) is 4.67. The molecule has 2 rings (SSSR count). The molecule has 0 spiro atoms. The Morgan fingerprint density at radius 2 is 2.00 bits per heavy atom. The predicted octanol–water partition coefficient (Wildman–Crippen LogP) is 1.96. The zero-order chi connectivity index (χ0) is 13.3. The highest BCUT2D eigenvalue weighted by Crippen LogP contribution is 2.24. The summed E-state index contributed by atoms with van der Waals surface area (Å²) in [5, 5.41) is 8.11. The molecule has 0 bridgehead atoms. The molecule has 0 aliphatic carbocycles. The third-order valence-corrected chi connectivity index (χ3v) is 3.44. The van der Waals surface area contributed by atoms with Gasteiger partial charge in [-0.05, 0) is 18.2 Å². The lowest BCUT2D eigenvalue weighted by Crippen LogP contribution is -2.01. The fourth-order valence-corrected chi connectivity index (χ4v) is 2.10. The first-order valence-corrected chi connectivity index (χ1v) is 7.03. The molecule has 0 saturated heterocycles. The maximum absolute atomic E-state index is 10.7. The molecule has 0 unspecified atom stereocenters. The molecule has 0 fully saturated rings. The Balaban J connectivity index is 2.32. The number of benzene rings is 1. The van der Waals surface area contributed by atoms with E-state index < -0.39 is 15.9 Å². The van der Waals surface area contributed by atoms with Crippen LogP contribution >= 0.6 is 23.2 Å². The highest BCUT2D eigenvalue weighted by molar-refractivity contribution is 7.84. The van der Waals surface area contributed by atoms with Gasteiger partial charge in [-0.15, -0.1) is 5.10 Å². The molecule has 1 aromatic carbocycles. The van der Waals surface area contributed by atoms with Gasteiger partial charge in [0.15, 0.2) is 0 Å². The summed E-state index contributed by atoms with van der Waals surface area (Å²) in [5.41, 5.74) is 0.710. The smallest absolute Gasteiger partial charge is 0.270 e. The van der Waals surface area contributed by atoms with Crippen molar-refractivity contribution in [2.45, 2.75) is 5.75 Å². The minimum Gasteiger partial charge on any atom is -0.285 e. The van der Waals surface area contributed by atoms with Crippen molar-refractivity contribution >= 4 is 33.3 Å². The van der Waals surface area contributed by atoms with Crippen LogP contribution in [0.1, 0.15) is 5.69 Å². The summed E-state index contributed by atoms with van der Waals surface area (Å²) in [4.78, 5) is 0. The quantitative estimate of drug-likeness (QED) is 0.876. The molecule has 1 heterocycles. The van der Waals surface area contributed by atoms with Crippen LogP contribution in [-0.4, -0.2) is 28.0 Å². The van der Waals surface area contributed by atoms with E-state index in [2.05, 4.69) is 10.3 Å². The van der Waals surface area contributed by atoms with E-state index in [1.807, 2.05) is 0 Å². The molecule has 0 amide bonds. The largest absolute Gasteiger partial charge is 0.285 e. The van der Waals surface area contributed by atoms with Crippen molar-refractivity contribution in [3.63, 3.8) is 0 Å². The van der Waals surface area contributed by atoms with E-state index >= 15 is 0 Å². The third kappa shape index (κ3) is 3.20. The van der Waals surface area contributed by atoms with Crippen LogP contribution in [0.15, 0.2) is 24.4 Å². The SMILES string of the molecule is O=S(=O)(O)Cc1cn(-c2ccc(Cl)c(Cl)c2)nn1. The number of hydrogen-bond donors (Lipinski definition) is 1. The highest BCUT2D eigenvalue weighted by atomic mass is 35.5. The summed E-state index contributed by atoms with van der Waals surface area (Å²) >= 11 is 11.6.